The van der Waals surface area contributed by atoms with E-state index in [0.29, 0.717) is 10.2 Å². The van der Waals surface area contributed by atoms with Crippen LogP contribution >= 0.6 is 23.6 Å². The van der Waals surface area contributed by atoms with E-state index in [-0.39, 0.29) is 5.56 Å². The van der Waals surface area contributed by atoms with Crippen LogP contribution in [-0.4, -0.2) is 29.0 Å². The number of hydrogen-bond acceptors (Lipinski definition) is 5. The fourth-order valence-electron chi connectivity index (χ4n) is 3.07. The van der Waals surface area contributed by atoms with Gasteiger partial charge in [-0.1, -0.05) is 12.1 Å². The number of aromatic amines is 1. The molecule has 5 nitrogen and oxygen atoms in total. The molecular formula is C18H18N4OS2. The highest BCUT2D eigenvalue weighted by Crippen LogP contribution is 2.27. The number of nitrogens with one attached hydrogen (secondary N) is 1. The number of fused-ring (bicyclic) bond motifs is 1. The third-order valence-electron chi connectivity index (χ3n) is 4.36. The second-order valence-corrected chi connectivity index (χ2v) is 7.54. The minimum Gasteiger partial charge on any atom is -0.363 e. The minimum atomic E-state index is -0.205. The lowest BCUT2D eigenvalue weighted by molar-refractivity contribution is 0.580. The standard InChI is InChI=1S/C18H18N4OS2/c23-17-14-6-2-3-7-15(14)20-18(24)22(17)19-12-13-8-9-16(25-13)21-10-4-1-5-11-21/h2-3,6-9,12H,1,4-5,10-11H2,(H,20,24)/b19-12-. The summed E-state index contributed by atoms with van der Waals surface area (Å²) in [6, 6.07) is 11.5. The number of aromatic nitrogens is 2. The summed E-state index contributed by atoms with van der Waals surface area (Å²) in [4.78, 5) is 19.1. The van der Waals surface area contributed by atoms with Crippen LogP contribution in [0.2, 0.25) is 0 Å². The number of para-hydroxylation sites is 1. The molecule has 1 aliphatic heterocycles. The number of nitrogens with zero attached hydrogens (tertiary/aromatic N) is 3. The van der Waals surface area contributed by atoms with Gasteiger partial charge < -0.3 is 9.88 Å². The molecule has 4 rings (SSSR count). The van der Waals surface area contributed by atoms with E-state index in [9.17, 15) is 4.79 Å². The van der Waals surface area contributed by atoms with Crippen molar-refractivity contribution in [2.24, 2.45) is 5.10 Å². The van der Waals surface area contributed by atoms with Crippen LogP contribution in [0.3, 0.4) is 0 Å². The van der Waals surface area contributed by atoms with Crippen molar-refractivity contribution in [3.63, 3.8) is 0 Å². The van der Waals surface area contributed by atoms with E-state index in [0.717, 1.165) is 23.5 Å². The largest absolute Gasteiger partial charge is 0.363 e. The van der Waals surface area contributed by atoms with Gasteiger partial charge in [0.05, 0.1) is 22.1 Å². The van der Waals surface area contributed by atoms with E-state index in [1.165, 1.54) is 28.9 Å². The predicted molar refractivity (Wildman–Crippen MR) is 107 cm³/mol. The summed E-state index contributed by atoms with van der Waals surface area (Å²) in [6.07, 6.45) is 5.53. The van der Waals surface area contributed by atoms with Crippen LogP contribution < -0.4 is 10.5 Å². The Kier molecular flexibility index (Phi) is 4.50. The molecule has 25 heavy (non-hydrogen) atoms. The van der Waals surface area contributed by atoms with Crippen molar-refractivity contribution in [3.8, 4) is 0 Å². The summed E-state index contributed by atoms with van der Waals surface area (Å²) in [5, 5.41) is 6.16. The highest BCUT2D eigenvalue weighted by Gasteiger charge is 2.12. The Bertz CT molecular complexity index is 1040. The molecule has 1 saturated heterocycles. The van der Waals surface area contributed by atoms with Gasteiger partial charge in [0, 0.05) is 18.0 Å². The van der Waals surface area contributed by atoms with Crippen LogP contribution in [0.15, 0.2) is 46.3 Å². The predicted octanol–water partition coefficient (Wildman–Crippen LogP) is 3.99. The zero-order valence-electron chi connectivity index (χ0n) is 13.6. The lowest BCUT2D eigenvalue weighted by Gasteiger charge is -2.27. The van der Waals surface area contributed by atoms with Gasteiger partial charge in [-0.3, -0.25) is 4.79 Å². The van der Waals surface area contributed by atoms with E-state index in [1.807, 2.05) is 24.3 Å². The maximum Gasteiger partial charge on any atom is 0.282 e. The molecule has 0 saturated carbocycles. The molecule has 7 heteroatoms. The van der Waals surface area contributed by atoms with Crippen LogP contribution in [0, 0.1) is 4.77 Å². The third-order valence-corrected chi connectivity index (χ3v) is 5.72. The van der Waals surface area contributed by atoms with Crippen molar-refractivity contribution < 1.29 is 0 Å². The summed E-state index contributed by atoms with van der Waals surface area (Å²) >= 11 is 6.97. The quantitative estimate of drug-likeness (QED) is 0.560. The average molecular weight is 371 g/mol. The number of H-pyrrole nitrogens is 1. The molecule has 0 radical (unpaired) electrons. The van der Waals surface area contributed by atoms with Gasteiger partial charge in [-0.25, -0.2) is 0 Å². The SMILES string of the molecule is O=c1c2ccccc2[nH]c(=S)n1/N=C\c1ccc(N2CCCCC2)s1. The van der Waals surface area contributed by atoms with Gasteiger partial charge in [-0.15, -0.1) is 11.3 Å². The Morgan fingerprint density at radius 2 is 1.92 bits per heavy atom. The van der Waals surface area contributed by atoms with Gasteiger partial charge in [0.1, 0.15) is 0 Å². The molecule has 1 aromatic carbocycles. The molecule has 1 aliphatic rings. The highest BCUT2D eigenvalue weighted by molar-refractivity contribution is 7.71. The number of benzene rings is 1. The minimum absolute atomic E-state index is 0.205. The van der Waals surface area contributed by atoms with E-state index in [4.69, 9.17) is 12.2 Å². The van der Waals surface area contributed by atoms with Crippen molar-refractivity contribution in [2.75, 3.05) is 18.0 Å². The summed E-state index contributed by atoms with van der Waals surface area (Å²) in [6.45, 7) is 2.24. The van der Waals surface area contributed by atoms with Gasteiger partial charge >= 0.3 is 0 Å². The van der Waals surface area contributed by atoms with Crippen molar-refractivity contribution in [1.29, 1.82) is 0 Å². The molecule has 2 aromatic heterocycles. The second kappa shape index (κ2) is 6.93. The van der Waals surface area contributed by atoms with Crippen molar-refractivity contribution in [2.45, 2.75) is 19.3 Å². The topological polar surface area (TPSA) is 53.4 Å². The molecule has 0 bridgehead atoms. The fraction of sp³-hybridized carbons (Fsp3) is 0.278. The molecule has 0 atom stereocenters. The van der Waals surface area contributed by atoms with Crippen LogP contribution in [-0.2, 0) is 0 Å². The molecule has 0 spiro atoms. The molecule has 0 amide bonds. The molecular weight excluding hydrogens is 352 g/mol. The van der Waals surface area contributed by atoms with Gasteiger partial charge in [0.25, 0.3) is 5.56 Å². The van der Waals surface area contributed by atoms with Gasteiger partial charge in [-0.05, 0) is 55.7 Å². The van der Waals surface area contributed by atoms with Crippen molar-refractivity contribution >= 4 is 45.7 Å². The second-order valence-electron chi connectivity index (χ2n) is 6.06. The Morgan fingerprint density at radius 3 is 2.76 bits per heavy atom. The first-order valence-corrected chi connectivity index (χ1v) is 9.58. The average Bonchev–Trinajstić information content (AvgIpc) is 3.11. The van der Waals surface area contributed by atoms with E-state index >= 15 is 0 Å². The number of hydrogen-bond donors (Lipinski definition) is 1. The molecule has 3 aromatic rings. The summed E-state index contributed by atoms with van der Waals surface area (Å²) < 4.78 is 1.55. The van der Waals surface area contributed by atoms with Gasteiger partial charge in [0.2, 0.25) is 4.77 Å². The maximum atomic E-state index is 12.6. The molecule has 0 unspecified atom stereocenters. The molecule has 1 fully saturated rings. The third kappa shape index (κ3) is 3.29. The zero-order valence-corrected chi connectivity index (χ0v) is 15.3. The smallest absolute Gasteiger partial charge is 0.282 e. The monoisotopic (exact) mass is 370 g/mol. The van der Waals surface area contributed by atoms with Crippen LogP contribution in [0.1, 0.15) is 24.1 Å². The van der Waals surface area contributed by atoms with E-state index in [2.05, 4.69) is 21.1 Å². The Hall–Kier alpha value is -2.25. The van der Waals surface area contributed by atoms with Crippen LogP contribution in [0.4, 0.5) is 5.00 Å². The number of thiophene rings is 1. The van der Waals surface area contributed by atoms with Crippen LogP contribution in [0.25, 0.3) is 10.9 Å². The van der Waals surface area contributed by atoms with E-state index < -0.39 is 0 Å². The lowest BCUT2D eigenvalue weighted by Crippen LogP contribution is -2.28. The van der Waals surface area contributed by atoms with Gasteiger partial charge in [0.15, 0.2) is 0 Å². The van der Waals surface area contributed by atoms with Crippen molar-refractivity contribution in [1.82, 2.24) is 9.66 Å². The Balaban J connectivity index is 1.64. The maximum absolute atomic E-state index is 12.6. The molecule has 128 valence electrons. The van der Waals surface area contributed by atoms with Crippen LogP contribution in [0.5, 0.6) is 0 Å². The fourth-order valence-corrected chi connectivity index (χ4v) is 4.23. The number of rotatable bonds is 3. The number of anilines is 1. The first kappa shape index (κ1) is 16.2. The summed E-state index contributed by atoms with van der Waals surface area (Å²) in [5.74, 6) is 0. The normalized spacial score (nSPS) is 15.3. The Labute approximate surface area is 154 Å². The summed E-state index contributed by atoms with van der Waals surface area (Å²) in [5.41, 5.74) is 0.524. The zero-order chi connectivity index (χ0) is 17.2. The summed E-state index contributed by atoms with van der Waals surface area (Å²) in [7, 11) is 0. The molecule has 0 aliphatic carbocycles. The first-order valence-electron chi connectivity index (χ1n) is 8.35. The van der Waals surface area contributed by atoms with Crippen molar-refractivity contribution in [3.05, 3.63) is 56.4 Å². The highest BCUT2D eigenvalue weighted by atomic mass is 32.1. The molecule has 3 heterocycles. The Morgan fingerprint density at radius 1 is 1.12 bits per heavy atom. The number of piperidine rings is 1. The van der Waals surface area contributed by atoms with E-state index in [1.54, 1.807) is 23.6 Å². The van der Waals surface area contributed by atoms with Gasteiger partial charge in [-0.2, -0.15) is 9.78 Å². The lowest BCUT2D eigenvalue weighted by atomic mass is 10.1. The molecule has 1 N–H and O–H groups in total. The first-order chi connectivity index (χ1) is 12.2.